The van der Waals surface area contributed by atoms with Gasteiger partial charge in [0.25, 0.3) is 5.56 Å². The van der Waals surface area contributed by atoms with E-state index in [1.807, 2.05) is 6.92 Å². The van der Waals surface area contributed by atoms with Crippen molar-refractivity contribution in [1.29, 1.82) is 0 Å². The zero-order valence-electron chi connectivity index (χ0n) is 10.3. The predicted octanol–water partition coefficient (Wildman–Crippen LogP) is 0.935. The van der Waals surface area contributed by atoms with Crippen molar-refractivity contribution in [3.8, 4) is 11.4 Å². The highest BCUT2D eigenvalue weighted by Gasteiger charge is 2.14. The number of rotatable bonds is 4. The van der Waals surface area contributed by atoms with Crippen LogP contribution >= 0.6 is 0 Å². The molecule has 0 saturated heterocycles. The van der Waals surface area contributed by atoms with Gasteiger partial charge in [0.2, 0.25) is 0 Å². The summed E-state index contributed by atoms with van der Waals surface area (Å²) in [6.07, 6.45) is 1.27. The van der Waals surface area contributed by atoms with E-state index in [0.717, 1.165) is 12.1 Å². The van der Waals surface area contributed by atoms with Gasteiger partial charge in [-0.05, 0) is 31.5 Å². The number of phenolic OH excluding ortho intramolecular Hbond substituents is 1. The van der Waals surface area contributed by atoms with Crippen LogP contribution in [0.4, 0.5) is 0 Å². The molecule has 0 radical (unpaired) electrons. The lowest BCUT2D eigenvalue weighted by Gasteiger charge is -2.03. The Hall–Kier alpha value is -2.01. The average molecular weight is 247 g/mol. The lowest BCUT2D eigenvalue weighted by atomic mass is 10.1. The van der Waals surface area contributed by atoms with Gasteiger partial charge < -0.3 is 10.8 Å². The molecule has 0 aliphatic heterocycles. The summed E-state index contributed by atoms with van der Waals surface area (Å²) in [7, 11) is 0. The summed E-state index contributed by atoms with van der Waals surface area (Å²) in [5.74, 6) is 0.0720. The SMILES string of the molecule is CCc1[nH]n(-c2ccccc2O)c(=O)c1CCN. The summed E-state index contributed by atoms with van der Waals surface area (Å²) in [5.41, 5.74) is 7.40. The Bertz CT molecular complexity index is 599. The van der Waals surface area contributed by atoms with Crippen molar-refractivity contribution in [3.63, 3.8) is 0 Å². The number of nitrogens with two attached hydrogens (primary N) is 1. The number of nitrogens with one attached hydrogen (secondary N) is 1. The van der Waals surface area contributed by atoms with E-state index in [1.54, 1.807) is 24.3 Å². The van der Waals surface area contributed by atoms with Crippen molar-refractivity contribution < 1.29 is 5.11 Å². The molecule has 96 valence electrons. The summed E-state index contributed by atoms with van der Waals surface area (Å²) in [4.78, 5) is 12.3. The van der Waals surface area contributed by atoms with Crippen molar-refractivity contribution in [2.24, 2.45) is 5.73 Å². The third-order valence-corrected chi connectivity index (χ3v) is 2.94. The molecule has 2 rings (SSSR count). The van der Waals surface area contributed by atoms with E-state index in [4.69, 9.17) is 5.73 Å². The van der Waals surface area contributed by atoms with E-state index in [2.05, 4.69) is 5.10 Å². The highest BCUT2D eigenvalue weighted by atomic mass is 16.3. The van der Waals surface area contributed by atoms with Crippen LogP contribution in [0, 0.1) is 0 Å². The van der Waals surface area contributed by atoms with Gasteiger partial charge in [-0.15, -0.1) is 0 Å². The second-order valence-corrected chi connectivity index (χ2v) is 4.09. The molecule has 1 heterocycles. The number of para-hydroxylation sites is 2. The molecule has 0 atom stereocenters. The van der Waals surface area contributed by atoms with Gasteiger partial charge in [-0.2, -0.15) is 0 Å². The molecular formula is C13H17N3O2. The minimum Gasteiger partial charge on any atom is -0.506 e. The molecule has 2 aromatic rings. The summed E-state index contributed by atoms with van der Waals surface area (Å²) >= 11 is 0. The molecule has 0 aliphatic rings. The fraction of sp³-hybridized carbons (Fsp3) is 0.308. The molecular weight excluding hydrogens is 230 g/mol. The monoisotopic (exact) mass is 247 g/mol. The second-order valence-electron chi connectivity index (χ2n) is 4.09. The highest BCUT2D eigenvalue weighted by molar-refractivity contribution is 5.45. The van der Waals surface area contributed by atoms with Crippen LogP contribution in [0.1, 0.15) is 18.2 Å². The molecule has 0 spiro atoms. The topological polar surface area (TPSA) is 84.0 Å². The standard InChI is InChI=1S/C13H17N3O2/c1-2-10-9(7-8-14)13(18)16(15-10)11-5-3-4-6-12(11)17/h3-6,15,17H,2,7-8,14H2,1H3. The zero-order valence-corrected chi connectivity index (χ0v) is 10.3. The largest absolute Gasteiger partial charge is 0.506 e. The highest BCUT2D eigenvalue weighted by Crippen LogP contribution is 2.19. The van der Waals surface area contributed by atoms with Crippen LogP contribution in [0.2, 0.25) is 0 Å². The molecule has 0 saturated carbocycles. The molecule has 18 heavy (non-hydrogen) atoms. The van der Waals surface area contributed by atoms with Gasteiger partial charge in [0.15, 0.2) is 0 Å². The first-order chi connectivity index (χ1) is 8.69. The summed E-state index contributed by atoms with van der Waals surface area (Å²) in [5, 5.41) is 12.8. The molecule has 0 amide bonds. The molecule has 4 N–H and O–H groups in total. The Kier molecular flexibility index (Phi) is 3.53. The van der Waals surface area contributed by atoms with Crippen LogP contribution < -0.4 is 11.3 Å². The van der Waals surface area contributed by atoms with Crippen LogP contribution in [0.3, 0.4) is 0 Å². The fourth-order valence-corrected chi connectivity index (χ4v) is 2.03. The summed E-state index contributed by atoms with van der Waals surface area (Å²) in [6, 6.07) is 6.74. The van der Waals surface area contributed by atoms with Crippen molar-refractivity contribution in [2.75, 3.05) is 6.54 Å². The molecule has 5 heteroatoms. The predicted molar refractivity (Wildman–Crippen MR) is 70.2 cm³/mol. The number of benzene rings is 1. The maximum Gasteiger partial charge on any atom is 0.274 e. The molecule has 0 unspecified atom stereocenters. The van der Waals surface area contributed by atoms with Gasteiger partial charge in [0, 0.05) is 11.3 Å². The second kappa shape index (κ2) is 5.10. The van der Waals surface area contributed by atoms with Gasteiger partial charge in [-0.3, -0.25) is 9.89 Å². The van der Waals surface area contributed by atoms with Crippen molar-refractivity contribution in [3.05, 3.63) is 45.9 Å². The Labute approximate surface area is 105 Å². The molecule has 1 aromatic heterocycles. The first kappa shape index (κ1) is 12.4. The minimum atomic E-state index is -0.140. The molecule has 0 aliphatic carbocycles. The van der Waals surface area contributed by atoms with E-state index in [1.165, 1.54) is 4.68 Å². The molecule has 5 nitrogen and oxygen atoms in total. The quantitative estimate of drug-likeness (QED) is 0.751. The molecule has 1 aromatic carbocycles. The maximum atomic E-state index is 12.3. The lowest BCUT2D eigenvalue weighted by molar-refractivity contribution is 0.469. The number of aromatic amines is 1. The normalized spacial score (nSPS) is 10.8. The third-order valence-electron chi connectivity index (χ3n) is 2.94. The van der Waals surface area contributed by atoms with Crippen LogP contribution in [-0.4, -0.2) is 21.4 Å². The maximum absolute atomic E-state index is 12.3. The number of aromatic nitrogens is 2. The Balaban J connectivity index is 2.60. The number of hydrogen-bond acceptors (Lipinski definition) is 3. The van der Waals surface area contributed by atoms with Crippen LogP contribution in [-0.2, 0) is 12.8 Å². The number of nitrogens with zero attached hydrogens (tertiary/aromatic N) is 1. The van der Waals surface area contributed by atoms with Gasteiger partial charge >= 0.3 is 0 Å². The smallest absolute Gasteiger partial charge is 0.274 e. The van der Waals surface area contributed by atoms with E-state index in [9.17, 15) is 9.90 Å². The van der Waals surface area contributed by atoms with Gasteiger partial charge in [-0.1, -0.05) is 19.1 Å². The number of aryl methyl sites for hydroxylation is 1. The van der Waals surface area contributed by atoms with Gasteiger partial charge in [0.1, 0.15) is 11.4 Å². The van der Waals surface area contributed by atoms with Crippen LogP contribution in [0.25, 0.3) is 5.69 Å². The van der Waals surface area contributed by atoms with E-state index in [0.29, 0.717) is 24.2 Å². The summed E-state index contributed by atoms with van der Waals surface area (Å²) in [6.45, 7) is 2.40. The van der Waals surface area contributed by atoms with Crippen LogP contribution in [0.5, 0.6) is 5.75 Å². The minimum absolute atomic E-state index is 0.0720. The Morgan fingerprint density at radius 1 is 1.39 bits per heavy atom. The lowest BCUT2D eigenvalue weighted by Crippen LogP contribution is -2.19. The van der Waals surface area contributed by atoms with Gasteiger partial charge in [0.05, 0.1) is 0 Å². The zero-order chi connectivity index (χ0) is 13.1. The van der Waals surface area contributed by atoms with Gasteiger partial charge in [-0.25, -0.2) is 4.68 Å². The first-order valence-electron chi connectivity index (χ1n) is 6.00. The number of phenols is 1. The first-order valence-corrected chi connectivity index (χ1v) is 6.00. The Morgan fingerprint density at radius 2 is 2.11 bits per heavy atom. The molecule has 0 bridgehead atoms. The van der Waals surface area contributed by atoms with Crippen molar-refractivity contribution in [1.82, 2.24) is 9.78 Å². The number of hydrogen-bond donors (Lipinski definition) is 3. The van der Waals surface area contributed by atoms with E-state index >= 15 is 0 Å². The van der Waals surface area contributed by atoms with Crippen molar-refractivity contribution in [2.45, 2.75) is 19.8 Å². The Morgan fingerprint density at radius 3 is 2.72 bits per heavy atom. The van der Waals surface area contributed by atoms with E-state index in [-0.39, 0.29) is 11.3 Å². The average Bonchev–Trinajstić information content (AvgIpc) is 2.68. The van der Waals surface area contributed by atoms with E-state index < -0.39 is 0 Å². The summed E-state index contributed by atoms with van der Waals surface area (Å²) < 4.78 is 1.37. The molecule has 0 fully saturated rings. The third kappa shape index (κ3) is 2.04. The number of aromatic hydroxyl groups is 1. The number of H-pyrrole nitrogens is 1. The van der Waals surface area contributed by atoms with Crippen LogP contribution in [0.15, 0.2) is 29.1 Å². The fourth-order valence-electron chi connectivity index (χ4n) is 2.03. The van der Waals surface area contributed by atoms with Crippen molar-refractivity contribution >= 4 is 0 Å².